The number of rotatable bonds is 7. The van der Waals surface area contributed by atoms with Gasteiger partial charge in [0.25, 0.3) is 0 Å². The molecule has 0 spiro atoms. The third kappa shape index (κ3) is 5.64. The summed E-state index contributed by atoms with van der Waals surface area (Å²) in [6.07, 6.45) is 5.86. The first kappa shape index (κ1) is 10.5. The van der Waals surface area contributed by atoms with Crippen LogP contribution in [0.5, 0.6) is 0 Å². The lowest BCUT2D eigenvalue weighted by molar-refractivity contribution is -0.120. The predicted molar refractivity (Wildman–Crippen MR) is 53.5 cm³/mol. The molecule has 1 fully saturated rings. The van der Waals surface area contributed by atoms with Crippen molar-refractivity contribution >= 4 is 5.91 Å². The molecule has 1 saturated carbocycles. The van der Waals surface area contributed by atoms with Gasteiger partial charge in [0.15, 0.2) is 0 Å². The van der Waals surface area contributed by atoms with Crippen LogP contribution in [0.25, 0.3) is 0 Å². The van der Waals surface area contributed by atoms with Crippen LogP contribution in [-0.2, 0) is 4.79 Å². The molecule has 0 aromatic heterocycles. The van der Waals surface area contributed by atoms with Gasteiger partial charge in [0.1, 0.15) is 0 Å². The molecule has 2 N–H and O–H groups in total. The van der Waals surface area contributed by atoms with Gasteiger partial charge < -0.3 is 10.6 Å². The van der Waals surface area contributed by atoms with E-state index in [-0.39, 0.29) is 5.91 Å². The molecule has 0 unspecified atom stereocenters. The topological polar surface area (TPSA) is 41.1 Å². The Morgan fingerprint density at radius 1 is 1.38 bits per heavy atom. The van der Waals surface area contributed by atoms with E-state index in [1.165, 1.54) is 19.3 Å². The first-order chi connectivity index (χ1) is 6.33. The summed E-state index contributed by atoms with van der Waals surface area (Å²) >= 11 is 0. The van der Waals surface area contributed by atoms with E-state index in [1.807, 2.05) is 7.05 Å². The average Bonchev–Trinajstić information content (AvgIpc) is 2.92. The second-order valence-corrected chi connectivity index (χ2v) is 3.79. The van der Waals surface area contributed by atoms with Gasteiger partial charge in [-0.1, -0.05) is 12.8 Å². The maximum Gasteiger partial charge on any atom is 0.221 e. The molecule has 1 aliphatic carbocycles. The van der Waals surface area contributed by atoms with Gasteiger partial charge in [0.2, 0.25) is 5.91 Å². The third-order valence-electron chi connectivity index (χ3n) is 2.41. The van der Waals surface area contributed by atoms with Crippen molar-refractivity contribution < 1.29 is 4.79 Å². The van der Waals surface area contributed by atoms with E-state index in [0.29, 0.717) is 6.42 Å². The maximum absolute atomic E-state index is 11.1. The summed E-state index contributed by atoms with van der Waals surface area (Å²) in [6, 6.07) is 0. The van der Waals surface area contributed by atoms with E-state index in [1.54, 1.807) is 0 Å². The van der Waals surface area contributed by atoms with Gasteiger partial charge in [-0.05, 0) is 25.8 Å². The molecule has 13 heavy (non-hydrogen) atoms. The minimum atomic E-state index is 0.171. The zero-order valence-corrected chi connectivity index (χ0v) is 8.44. The van der Waals surface area contributed by atoms with E-state index >= 15 is 0 Å². The highest BCUT2D eigenvalue weighted by atomic mass is 16.1. The molecular weight excluding hydrogens is 164 g/mol. The lowest BCUT2D eigenvalue weighted by Gasteiger charge is -2.03. The van der Waals surface area contributed by atoms with Gasteiger partial charge in [-0.3, -0.25) is 4.79 Å². The zero-order valence-electron chi connectivity index (χ0n) is 8.44. The van der Waals surface area contributed by atoms with Crippen molar-refractivity contribution in [2.24, 2.45) is 5.92 Å². The van der Waals surface area contributed by atoms with Gasteiger partial charge in [0, 0.05) is 19.5 Å². The van der Waals surface area contributed by atoms with Crippen LogP contribution in [0.4, 0.5) is 0 Å². The molecule has 0 atom stereocenters. The molecule has 0 bridgehead atoms. The molecule has 0 aromatic rings. The normalized spacial score (nSPS) is 15.8. The van der Waals surface area contributed by atoms with Crippen LogP contribution in [0.15, 0.2) is 0 Å². The van der Waals surface area contributed by atoms with Crippen LogP contribution in [-0.4, -0.2) is 26.0 Å². The summed E-state index contributed by atoms with van der Waals surface area (Å²) in [5.74, 6) is 1.15. The second-order valence-electron chi connectivity index (χ2n) is 3.79. The standard InChI is InChI=1S/C10H20N2O/c1-11-8-6-10(13)12-7-2-3-9-4-5-9/h9,11H,2-8H2,1H3,(H,12,13). The summed E-state index contributed by atoms with van der Waals surface area (Å²) in [4.78, 5) is 11.1. The molecule has 76 valence electrons. The number of carbonyl (C=O) groups excluding carboxylic acids is 1. The Labute approximate surface area is 80.3 Å². The number of hydrogen-bond donors (Lipinski definition) is 2. The molecule has 0 saturated heterocycles. The van der Waals surface area contributed by atoms with Crippen molar-refractivity contribution in [3.63, 3.8) is 0 Å². The van der Waals surface area contributed by atoms with Crippen molar-refractivity contribution in [2.45, 2.75) is 32.1 Å². The smallest absolute Gasteiger partial charge is 0.221 e. The Kier molecular flexibility index (Phi) is 4.83. The van der Waals surface area contributed by atoms with Gasteiger partial charge in [-0.15, -0.1) is 0 Å². The second kappa shape index (κ2) is 5.97. The van der Waals surface area contributed by atoms with E-state index in [4.69, 9.17) is 0 Å². The average molecular weight is 184 g/mol. The van der Waals surface area contributed by atoms with E-state index in [2.05, 4.69) is 10.6 Å². The fourth-order valence-corrected chi connectivity index (χ4v) is 1.35. The van der Waals surface area contributed by atoms with Crippen molar-refractivity contribution in [3.05, 3.63) is 0 Å². The van der Waals surface area contributed by atoms with Gasteiger partial charge in [-0.2, -0.15) is 0 Å². The fourth-order valence-electron chi connectivity index (χ4n) is 1.35. The number of hydrogen-bond acceptors (Lipinski definition) is 2. The van der Waals surface area contributed by atoms with Crippen LogP contribution >= 0.6 is 0 Å². The van der Waals surface area contributed by atoms with Crippen LogP contribution in [0.3, 0.4) is 0 Å². The van der Waals surface area contributed by atoms with E-state index < -0.39 is 0 Å². The molecule has 1 rings (SSSR count). The highest BCUT2D eigenvalue weighted by molar-refractivity contribution is 5.75. The first-order valence-electron chi connectivity index (χ1n) is 5.24. The Bertz CT molecular complexity index is 155. The van der Waals surface area contributed by atoms with Crippen LogP contribution in [0.2, 0.25) is 0 Å². The summed E-state index contributed by atoms with van der Waals surface area (Å²) in [5, 5.41) is 5.88. The van der Waals surface area contributed by atoms with Crippen molar-refractivity contribution in [3.8, 4) is 0 Å². The summed E-state index contributed by atoms with van der Waals surface area (Å²) < 4.78 is 0. The quantitative estimate of drug-likeness (QED) is 0.577. The Hall–Kier alpha value is -0.570. The Morgan fingerprint density at radius 2 is 2.15 bits per heavy atom. The zero-order chi connectivity index (χ0) is 9.52. The molecule has 1 aliphatic rings. The van der Waals surface area contributed by atoms with Crippen molar-refractivity contribution in [1.82, 2.24) is 10.6 Å². The fraction of sp³-hybridized carbons (Fsp3) is 0.900. The molecule has 0 aliphatic heterocycles. The monoisotopic (exact) mass is 184 g/mol. The lowest BCUT2D eigenvalue weighted by atomic mass is 10.2. The van der Waals surface area contributed by atoms with Gasteiger partial charge >= 0.3 is 0 Å². The lowest BCUT2D eigenvalue weighted by Crippen LogP contribution is -2.27. The van der Waals surface area contributed by atoms with Crippen LogP contribution in [0, 0.1) is 5.92 Å². The summed E-state index contributed by atoms with van der Waals surface area (Å²) in [7, 11) is 1.86. The van der Waals surface area contributed by atoms with Crippen molar-refractivity contribution in [1.29, 1.82) is 0 Å². The number of nitrogens with one attached hydrogen (secondary N) is 2. The molecule has 3 heteroatoms. The van der Waals surface area contributed by atoms with E-state index in [9.17, 15) is 4.79 Å². The third-order valence-corrected chi connectivity index (χ3v) is 2.41. The van der Waals surface area contributed by atoms with Crippen molar-refractivity contribution in [2.75, 3.05) is 20.1 Å². The van der Waals surface area contributed by atoms with Gasteiger partial charge in [-0.25, -0.2) is 0 Å². The first-order valence-corrected chi connectivity index (χ1v) is 5.24. The molecular formula is C10H20N2O. The molecule has 0 radical (unpaired) electrons. The Balaban J connectivity index is 1.82. The largest absolute Gasteiger partial charge is 0.356 e. The maximum atomic E-state index is 11.1. The molecule has 0 heterocycles. The predicted octanol–water partition coefficient (Wildman–Crippen LogP) is 0.902. The Morgan fingerprint density at radius 3 is 2.77 bits per heavy atom. The highest BCUT2D eigenvalue weighted by Gasteiger charge is 2.19. The molecule has 3 nitrogen and oxygen atoms in total. The minimum Gasteiger partial charge on any atom is -0.356 e. The SMILES string of the molecule is CNCCC(=O)NCCCC1CC1. The number of carbonyl (C=O) groups is 1. The van der Waals surface area contributed by atoms with Crippen LogP contribution < -0.4 is 10.6 Å². The van der Waals surface area contributed by atoms with Crippen LogP contribution in [0.1, 0.15) is 32.1 Å². The number of amides is 1. The molecule has 1 amide bonds. The van der Waals surface area contributed by atoms with E-state index in [0.717, 1.165) is 25.4 Å². The summed E-state index contributed by atoms with van der Waals surface area (Å²) in [5.41, 5.74) is 0. The highest BCUT2D eigenvalue weighted by Crippen LogP contribution is 2.33. The summed E-state index contributed by atoms with van der Waals surface area (Å²) in [6.45, 7) is 1.63. The molecule has 0 aromatic carbocycles. The van der Waals surface area contributed by atoms with Gasteiger partial charge in [0.05, 0.1) is 0 Å². The minimum absolute atomic E-state index is 0.171.